The van der Waals surface area contributed by atoms with E-state index in [0.717, 1.165) is 30.7 Å². The third kappa shape index (κ3) is 4.04. The molecule has 138 valence electrons. The summed E-state index contributed by atoms with van der Waals surface area (Å²) in [5.41, 5.74) is -0.212. The number of fused-ring (bicyclic) bond motifs is 1. The summed E-state index contributed by atoms with van der Waals surface area (Å²) in [5, 5.41) is 1.93. The highest BCUT2D eigenvalue weighted by molar-refractivity contribution is 7.12. The molecule has 0 unspecified atom stereocenters. The fraction of sp³-hybridized carbons (Fsp3) is 0.667. The molecule has 2 fully saturated rings. The zero-order valence-electron chi connectivity index (χ0n) is 14.9. The lowest BCUT2D eigenvalue weighted by Gasteiger charge is -2.50. The van der Waals surface area contributed by atoms with Crippen LogP contribution in [0.5, 0.6) is 0 Å². The zero-order valence-corrected chi connectivity index (χ0v) is 15.7. The second-order valence-electron chi connectivity index (χ2n) is 7.10. The topological polar surface area (TPSA) is 59.1 Å². The van der Waals surface area contributed by atoms with E-state index < -0.39 is 0 Å². The van der Waals surface area contributed by atoms with Crippen LogP contribution in [-0.4, -0.2) is 74.7 Å². The summed E-state index contributed by atoms with van der Waals surface area (Å²) >= 11 is 1.47. The maximum Gasteiger partial charge on any atom is 0.263 e. The smallest absolute Gasteiger partial charge is 0.263 e. The van der Waals surface area contributed by atoms with Gasteiger partial charge in [-0.25, -0.2) is 0 Å². The van der Waals surface area contributed by atoms with E-state index in [-0.39, 0.29) is 29.9 Å². The minimum Gasteiger partial charge on any atom is -0.377 e. The Morgan fingerprint density at radius 1 is 1.48 bits per heavy atom. The van der Waals surface area contributed by atoms with Gasteiger partial charge in [-0.15, -0.1) is 11.3 Å². The molecule has 1 aromatic rings. The summed E-state index contributed by atoms with van der Waals surface area (Å²) < 4.78 is 11.8. The molecule has 2 amide bonds. The number of likely N-dealkylation sites (N-methyl/N-ethyl adjacent to an activating group) is 1. The van der Waals surface area contributed by atoms with Crippen LogP contribution in [0.25, 0.3) is 0 Å². The van der Waals surface area contributed by atoms with Crippen molar-refractivity contribution in [3.63, 3.8) is 0 Å². The van der Waals surface area contributed by atoms with E-state index in [1.165, 1.54) is 16.2 Å². The molecule has 0 aromatic carbocycles. The van der Waals surface area contributed by atoms with Crippen molar-refractivity contribution in [1.82, 2.24) is 9.80 Å². The molecule has 2 atom stereocenters. The van der Waals surface area contributed by atoms with Crippen LogP contribution in [-0.2, 0) is 14.3 Å². The largest absolute Gasteiger partial charge is 0.377 e. The van der Waals surface area contributed by atoms with Crippen LogP contribution >= 0.6 is 11.3 Å². The highest BCUT2D eigenvalue weighted by atomic mass is 32.1. The molecule has 0 saturated carbocycles. The maximum atomic E-state index is 12.7. The number of ether oxygens (including phenoxy) is 2. The standard InChI is InChI=1S/C18H26N2O4S/c1-19(2)16(21)11-23-13-18-7-4-9-24-15(18)6-8-20(12-18)17(22)14-5-3-10-25-14/h3,5,10,15H,4,6-9,11-13H2,1-2H3/t15-,18+/m1/s1. The number of piperidine rings is 1. The van der Waals surface area contributed by atoms with Gasteiger partial charge < -0.3 is 19.3 Å². The Bertz CT molecular complexity index is 604. The molecule has 2 aliphatic heterocycles. The van der Waals surface area contributed by atoms with Crippen LogP contribution < -0.4 is 0 Å². The Morgan fingerprint density at radius 3 is 3.04 bits per heavy atom. The molecule has 7 heteroatoms. The van der Waals surface area contributed by atoms with Gasteiger partial charge in [0.2, 0.25) is 5.91 Å². The number of thiophene rings is 1. The van der Waals surface area contributed by atoms with Gasteiger partial charge in [-0.05, 0) is 30.7 Å². The molecular weight excluding hydrogens is 340 g/mol. The summed E-state index contributed by atoms with van der Waals surface area (Å²) in [6.45, 7) is 2.62. The minimum absolute atomic E-state index is 0.0491. The van der Waals surface area contributed by atoms with Gasteiger partial charge in [0, 0.05) is 39.2 Å². The number of rotatable bonds is 5. The van der Waals surface area contributed by atoms with Crippen molar-refractivity contribution < 1.29 is 19.1 Å². The van der Waals surface area contributed by atoms with Gasteiger partial charge in [-0.3, -0.25) is 9.59 Å². The van der Waals surface area contributed by atoms with Crippen molar-refractivity contribution in [2.75, 3.05) is 47.0 Å². The maximum absolute atomic E-state index is 12.7. The Labute approximate surface area is 152 Å². The molecule has 0 aliphatic carbocycles. The van der Waals surface area contributed by atoms with Gasteiger partial charge in [0.25, 0.3) is 5.91 Å². The van der Waals surface area contributed by atoms with Crippen molar-refractivity contribution in [2.24, 2.45) is 5.41 Å². The summed E-state index contributed by atoms with van der Waals surface area (Å²) in [4.78, 5) is 28.7. The zero-order chi connectivity index (χ0) is 17.9. The van der Waals surface area contributed by atoms with Crippen LogP contribution in [0.3, 0.4) is 0 Å². The molecule has 3 heterocycles. The van der Waals surface area contributed by atoms with Crippen molar-refractivity contribution in [3.05, 3.63) is 22.4 Å². The molecule has 0 bridgehead atoms. The van der Waals surface area contributed by atoms with E-state index >= 15 is 0 Å². The van der Waals surface area contributed by atoms with E-state index in [9.17, 15) is 9.59 Å². The SMILES string of the molecule is CN(C)C(=O)COC[C@@]12CCCO[C@@H]1CCN(C(=O)c1cccs1)C2. The number of nitrogens with zero attached hydrogens (tertiary/aromatic N) is 2. The summed E-state index contributed by atoms with van der Waals surface area (Å²) in [7, 11) is 3.44. The monoisotopic (exact) mass is 366 g/mol. The second-order valence-corrected chi connectivity index (χ2v) is 8.05. The Hall–Kier alpha value is -1.44. The Balaban J connectivity index is 1.68. The average Bonchev–Trinajstić information content (AvgIpc) is 3.15. The first-order valence-electron chi connectivity index (χ1n) is 8.74. The molecule has 2 aliphatic rings. The van der Waals surface area contributed by atoms with Gasteiger partial charge in [0.05, 0.1) is 17.6 Å². The number of amides is 2. The lowest BCUT2D eigenvalue weighted by Crippen LogP contribution is -2.58. The third-order valence-electron chi connectivity index (χ3n) is 5.12. The molecular formula is C18H26N2O4S. The Kier molecular flexibility index (Phi) is 5.76. The third-order valence-corrected chi connectivity index (χ3v) is 5.98. The normalized spacial score (nSPS) is 26.2. The fourth-order valence-corrected chi connectivity index (χ4v) is 4.39. The van der Waals surface area contributed by atoms with E-state index in [0.29, 0.717) is 19.7 Å². The van der Waals surface area contributed by atoms with Crippen molar-refractivity contribution in [2.45, 2.75) is 25.4 Å². The number of hydrogen-bond donors (Lipinski definition) is 0. The number of likely N-dealkylation sites (tertiary alicyclic amines) is 1. The molecule has 3 rings (SSSR count). The van der Waals surface area contributed by atoms with Crippen molar-refractivity contribution >= 4 is 23.2 Å². The highest BCUT2D eigenvalue weighted by Crippen LogP contribution is 2.41. The first-order chi connectivity index (χ1) is 12.0. The molecule has 0 N–H and O–H groups in total. The van der Waals surface area contributed by atoms with Crippen LogP contribution in [0, 0.1) is 5.41 Å². The van der Waals surface area contributed by atoms with Gasteiger partial charge in [0.1, 0.15) is 6.61 Å². The number of hydrogen-bond acceptors (Lipinski definition) is 5. The predicted octanol–water partition coefficient (Wildman–Crippen LogP) is 1.86. The quantitative estimate of drug-likeness (QED) is 0.798. The summed E-state index contributed by atoms with van der Waals surface area (Å²) in [6.07, 6.45) is 2.84. The van der Waals surface area contributed by atoms with Crippen LogP contribution in [0.1, 0.15) is 28.9 Å². The predicted molar refractivity (Wildman–Crippen MR) is 95.8 cm³/mol. The van der Waals surface area contributed by atoms with Crippen LogP contribution in [0.15, 0.2) is 17.5 Å². The van der Waals surface area contributed by atoms with Gasteiger partial charge in [0.15, 0.2) is 0 Å². The molecule has 6 nitrogen and oxygen atoms in total. The first kappa shape index (κ1) is 18.4. The van der Waals surface area contributed by atoms with E-state index in [4.69, 9.17) is 9.47 Å². The van der Waals surface area contributed by atoms with Crippen molar-refractivity contribution in [1.29, 1.82) is 0 Å². The molecule has 0 radical (unpaired) electrons. The first-order valence-corrected chi connectivity index (χ1v) is 9.62. The van der Waals surface area contributed by atoms with Crippen LogP contribution in [0.4, 0.5) is 0 Å². The van der Waals surface area contributed by atoms with Gasteiger partial charge >= 0.3 is 0 Å². The second kappa shape index (κ2) is 7.85. The molecule has 25 heavy (non-hydrogen) atoms. The Morgan fingerprint density at radius 2 is 2.32 bits per heavy atom. The lowest BCUT2D eigenvalue weighted by atomic mass is 9.73. The van der Waals surface area contributed by atoms with E-state index in [1.54, 1.807) is 14.1 Å². The van der Waals surface area contributed by atoms with Gasteiger partial charge in [-0.2, -0.15) is 0 Å². The van der Waals surface area contributed by atoms with E-state index in [1.807, 2.05) is 22.4 Å². The lowest BCUT2D eigenvalue weighted by molar-refractivity contribution is -0.155. The highest BCUT2D eigenvalue weighted by Gasteiger charge is 2.47. The summed E-state index contributed by atoms with van der Waals surface area (Å²) in [5.74, 6) is 0.0368. The average molecular weight is 366 g/mol. The van der Waals surface area contributed by atoms with Crippen molar-refractivity contribution in [3.8, 4) is 0 Å². The molecule has 0 spiro atoms. The fourth-order valence-electron chi connectivity index (χ4n) is 3.70. The van der Waals surface area contributed by atoms with Crippen LogP contribution in [0.2, 0.25) is 0 Å². The number of carbonyl (C=O) groups excluding carboxylic acids is 2. The van der Waals surface area contributed by atoms with E-state index in [2.05, 4.69) is 0 Å². The summed E-state index contributed by atoms with van der Waals surface area (Å²) in [6, 6.07) is 3.77. The minimum atomic E-state index is -0.212. The molecule has 1 aromatic heterocycles. The van der Waals surface area contributed by atoms with Gasteiger partial charge in [-0.1, -0.05) is 6.07 Å². The molecule has 2 saturated heterocycles. The number of carbonyl (C=O) groups is 2.